The predicted molar refractivity (Wildman–Crippen MR) is 173 cm³/mol. The van der Waals surface area contributed by atoms with Crippen molar-refractivity contribution in [3.8, 4) is 33.4 Å². The highest BCUT2D eigenvalue weighted by Gasteiger charge is 2.14. The number of hydrogen-bond acceptors (Lipinski definition) is 0. The maximum atomic E-state index is 2.40. The summed E-state index contributed by atoms with van der Waals surface area (Å²) in [6, 6.07) is 57.6. The highest BCUT2D eigenvalue weighted by atomic mass is 14.2. The Morgan fingerprint density at radius 2 is 0.650 bits per heavy atom. The van der Waals surface area contributed by atoms with Crippen LogP contribution in [0, 0.1) is 0 Å². The minimum atomic E-state index is 1.24. The molecule has 0 aliphatic carbocycles. The zero-order valence-corrected chi connectivity index (χ0v) is 22.0. The van der Waals surface area contributed by atoms with Crippen LogP contribution in [-0.4, -0.2) is 0 Å². The van der Waals surface area contributed by atoms with Crippen LogP contribution in [0.2, 0.25) is 0 Å². The summed E-state index contributed by atoms with van der Waals surface area (Å²) in [6.07, 6.45) is 0. The van der Waals surface area contributed by atoms with Gasteiger partial charge in [0.2, 0.25) is 0 Å². The molecule has 0 atom stereocenters. The van der Waals surface area contributed by atoms with E-state index in [-0.39, 0.29) is 0 Å². The molecule has 0 saturated heterocycles. The zero-order chi connectivity index (χ0) is 26.5. The van der Waals surface area contributed by atoms with Gasteiger partial charge in [0.1, 0.15) is 0 Å². The van der Waals surface area contributed by atoms with Crippen molar-refractivity contribution in [3.63, 3.8) is 0 Å². The van der Waals surface area contributed by atoms with Gasteiger partial charge in [-0.25, -0.2) is 0 Å². The summed E-state index contributed by atoms with van der Waals surface area (Å²) < 4.78 is 0. The third-order valence-electron chi connectivity index (χ3n) is 8.23. The highest BCUT2D eigenvalue weighted by Crippen LogP contribution is 2.41. The van der Waals surface area contributed by atoms with Gasteiger partial charge >= 0.3 is 0 Å². The fourth-order valence-electron chi connectivity index (χ4n) is 6.27. The maximum Gasteiger partial charge on any atom is -0.00928 e. The van der Waals surface area contributed by atoms with Gasteiger partial charge < -0.3 is 0 Å². The number of hydrogen-bond donors (Lipinski definition) is 0. The maximum absolute atomic E-state index is 2.40. The summed E-state index contributed by atoms with van der Waals surface area (Å²) in [7, 11) is 0. The molecule has 0 unspecified atom stereocenters. The molecule has 0 radical (unpaired) electrons. The second-order valence-electron chi connectivity index (χ2n) is 10.5. The Morgan fingerprint density at radius 1 is 0.225 bits per heavy atom. The third-order valence-corrected chi connectivity index (χ3v) is 8.23. The quantitative estimate of drug-likeness (QED) is 0.209. The summed E-state index contributed by atoms with van der Waals surface area (Å²) in [4.78, 5) is 0. The molecule has 0 spiro atoms. The molecule has 8 aromatic rings. The molecular weight excluding hydrogens is 480 g/mol. The molecule has 0 amide bonds. The van der Waals surface area contributed by atoms with Crippen molar-refractivity contribution in [2.24, 2.45) is 0 Å². The molecule has 0 heteroatoms. The van der Waals surface area contributed by atoms with Crippen LogP contribution in [0.15, 0.2) is 158 Å². The molecule has 8 rings (SSSR count). The fraction of sp³-hybridized carbons (Fsp3) is 0. The second kappa shape index (κ2) is 9.22. The van der Waals surface area contributed by atoms with Gasteiger partial charge in [0.25, 0.3) is 0 Å². The van der Waals surface area contributed by atoms with Gasteiger partial charge in [-0.3, -0.25) is 0 Å². The smallest absolute Gasteiger partial charge is 0.00928 e. The summed E-state index contributed by atoms with van der Waals surface area (Å²) in [5, 5.41) is 10.3. The van der Waals surface area contributed by atoms with Crippen molar-refractivity contribution in [3.05, 3.63) is 158 Å². The first kappa shape index (κ1) is 22.8. The van der Waals surface area contributed by atoms with Gasteiger partial charge in [0.15, 0.2) is 0 Å². The lowest BCUT2D eigenvalue weighted by Crippen LogP contribution is -1.89. The summed E-state index contributed by atoms with van der Waals surface area (Å²) in [6.45, 7) is 0. The van der Waals surface area contributed by atoms with Crippen LogP contribution < -0.4 is 0 Å². The average molecular weight is 507 g/mol. The molecule has 40 heavy (non-hydrogen) atoms. The van der Waals surface area contributed by atoms with E-state index in [1.807, 2.05) is 0 Å². The largest absolute Gasteiger partial charge is 0.0622 e. The number of benzene rings is 8. The van der Waals surface area contributed by atoms with Gasteiger partial charge in [-0.05, 0) is 101 Å². The lowest BCUT2D eigenvalue weighted by molar-refractivity contribution is 1.62. The van der Waals surface area contributed by atoms with Crippen molar-refractivity contribution in [2.45, 2.75) is 0 Å². The molecule has 0 fully saturated rings. The van der Waals surface area contributed by atoms with Crippen molar-refractivity contribution in [2.75, 3.05) is 0 Å². The Hall–Kier alpha value is -5.20. The Bertz CT molecular complexity index is 2170. The molecule has 0 aliphatic rings. The Kier molecular flexibility index (Phi) is 5.24. The van der Waals surface area contributed by atoms with E-state index in [2.05, 4.69) is 158 Å². The minimum absolute atomic E-state index is 1.24. The molecule has 0 nitrogen and oxygen atoms in total. The zero-order valence-electron chi connectivity index (χ0n) is 22.0. The first-order chi connectivity index (χ1) is 19.8. The van der Waals surface area contributed by atoms with Crippen molar-refractivity contribution >= 4 is 43.1 Å². The van der Waals surface area contributed by atoms with Gasteiger partial charge in [0, 0.05) is 0 Å². The van der Waals surface area contributed by atoms with Crippen molar-refractivity contribution in [1.29, 1.82) is 0 Å². The first-order valence-corrected chi connectivity index (χ1v) is 13.9. The molecule has 0 saturated carbocycles. The van der Waals surface area contributed by atoms with Crippen LogP contribution in [0.3, 0.4) is 0 Å². The molecule has 0 N–H and O–H groups in total. The van der Waals surface area contributed by atoms with Crippen LogP contribution in [0.25, 0.3) is 76.5 Å². The topological polar surface area (TPSA) is 0 Å². The van der Waals surface area contributed by atoms with E-state index >= 15 is 0 Å². The lowest BCUT2D eigenvalue weighted by atomic mass is 9.88. The SMILES string of the molecule is c1ccc(-c2ccc3c4ccc(-c5cc6ccccc6cc5-c5ccccc5)cc4c4ccccc4c3c2)cc1. The van der Waals surface area contributed by atoms with E-state index in [0.717, 1.165) is 0 Å². The third kappa shape index (κ3) is 3.69. The predicted octanol–water partition coefficient (Wildman–Crippen LogP) is 11.3. The molecule has 0 bridgehead atoms. The van der Waals surface area contributed by atoms with E-state index < -0.39 is 0 Å². The van der Waals surface area contributed by atoms with Crippen LogP contribution in [0.5, 0.6) is 0 Å². The minimum Gasteiger partial charge on any atom is -0.0622 e. The van der Waals surface area contributed by atoms with Crippen molar-refractivity contribution in [1.82, 2.24) is 0 Å². The molecular formula is C40H26. The molecule has 0 heterocycles. The lowest BCUT2D eigenvalue weighted by Gasteiger charge is -2.16. The van der Waals surface area contributed by atoms with Gasteiger partial charge in [0.05, 0.1) is 0 Å². The van der Waals surface area contributed by atoms with E-state index in [0.29, 0.717) is 0 Å². The van der Waals surface area contributed by atoms with E-state index in [4.69, 9.17) is 0 Å². The molecule has 0 aliphatic heterocycles. The number of fused-ring (bicyclic) bond motifs is 7. The Labute approximate surface area is 233 Å². The van der Waals surface area contributed by atoms with Gasteiger partial charge in [-0.15, -0.1) is 0 Å². The van der Waals surface area contributed by atoms with Crippen LogP contribution >= 0.6 is 0 Å². The Morgan fingerprint density at radius 3 is 1.25 bits per heavy atom. The number of rotatable bonds is 3. The molecule has 8 aromatic carbocycles. The normalized spacial score (nSPS) is 11.5. The summed E-state index contributed by atoms with van der Waals surface area (Å²) in [5.41, 5.74) is 7.49. The summed E-state index contributed by atoms with van der Waals surface area (Å²) >= 11 is 0. The highest BCUT2D eigenvalue weighted by molar-refractivity contribution is 6.26. The van der Waals surface area contributed by atoms with E-state index in [9.17, 15) is 0 Å². The van der Waals surface area contributed by atoms with Gasteiger partial charge in [-0.1, -0.05) is 133 Å². The standard InChI is InChI=1S/C40H26/c1-3-11-27(12-4-1)31-19-21-35-36-22-20-32(26-40(36)34-18-10-9-17-33(34)39(35)25-31)38-24-30-16-8-7-15-29(30)23-37(38)28-13-5-2-6-14-28/h1-26H. The van der Waals surface area contributed by atoms with Crippen LogP contribution in [-0.2, 0) is 0 Å². The molecule has 186 valence electrons. The van der Waals surface area contributed by atoms with E-state index in [1.165, 1.54) is 76.5 Å². The average Bonchev–Trinajstić information content (AvgIpc) is 3.04. The molecule has 0 aromatic heterocycles. The van der Waals surface area contributed by atoms with Crippen LogP contribution in [0.1, 0.15) is 0 Å². The first-order valence-electron chi connectivity index (χ1n) is 13.9. The van der Waals surface area contributed by atoms with Crippen molar-refractivity contribution < 1.29 is 0 Å². The summed E-state index contributed by atoms with van der Waals surface area (Å²) in [5.74, 6) is 0. The monoisotopic (exact) mass is 506 g/mol. The van der Waals surface area contributed by atoms with Crippen LogP contribution in [0.4, 0.5) is 0 Å². The Balaban J connectivity index is 1.41. The second-order valence-corrected chi connectivity index (χ2v) is 10.5. The van der Waals surface area contributed by atoms with Gasteiger partial charge in [-0.2, -0.15) is 0 Å². The fourth-order valence-corrected chi connectivity index (χ4v) is 6.27. The van der Waals surface area contributed by atoms with E-state index in [1.54, 1.807) is 0 Å².